The Kier molecular flexibility index (Phi) is 20.7. The quantitative estimate of drug-likeness (QED) is 0.109. The average Bonchev–Trinajstić information content (AvgIpc) is 2.73. The van der Waals surface area contributed by atoms with Crippen LogP contribution in [0.2, 0.25) is 17.7 Å². The SMILES string of the molecule is CCC[CH2][Sn]([CH2]CCC)([O]C(C)CCC)[O][Sn]([CH2]CCC)([CH2]CCC)[O]C(C)CCC. The van der Waals surface area contributed by atoms with Gasteiger partial charge in [-0.05, 0) is 0 Å². The zero-order valence-corrected chi connectivity index (χ0v) is 28.4. The average molecular weight is 656 g/mol. The Morgan fingerprint density at radius 3 is 1.00 bits per heavy atom. The Morgan fingerprint density at radius 2 is 0.774 bits per heavy atom. The van der Waals surface area contributed by atoms with Gasteiger partial charge in [0.1, 0.15) is 0 Å². The molecule has 188 valence electrons. The van der Waals surface area contributed by atoms with Gasteiger partial charge in [-0.25, -0.2) is 0 Å². The summed E-state index contributed by atoms with van der Waals surface area (Å²) < 4.78 is 26.7. The van der Waals surface area contributed by atoms with Crippen molar-refractivity contribution < 1.29 is 7.56 Å². The molecule has 0 N–H and O–H groups in total. The van der Waals surface area contributed by atoms with Crippen molar-refractivity contribution in [1.82, 2.24) is 0 Å². The molecule has 0 aliphatic heterocycles. The van der Waals surface area contributed by atoms with Gasteiger partial charge in [0.05, 0.1) is 0 Å². The molecule has 2 atom stereocenters. The molecule has 0 aromatic carbocycles. The van der Waals surface area contributed by atoms with E-state index in [9.17, 15) is 0 Å². The first kappa shape index (κ1) is 32.5. The summed E-state index contributed by atoms with van der Waals surface area (Å²) in [6.07, 6.45) is 15.3. The van der Waals surface area contributed by atoms with E-state index < -0.39 is 38.4 Å². The van der Waals surface area contributed by atoms with Gasteiger partial charge in [0.15, 0.2) is 0 Å². The first-order chi connectivity index (χ1) is 14.9. The fourth-order valence-electron chi connectivity index (χ4n) is 4.53. The molecule has 0 aromatic rings. The van der Waals surface area contributed by atoms with E-state index >= 15 is 0 Å². The maximum atomic E-state index is 7.64. The van der Waals surface area contributed by atoms with Crippen LogP contribution in [0.15, 0.2) is 0 Å². The van der Waals surface area contributed by atoms with E-state index in [-0.39, 0.29) is 0 Å². The first-order valence-corrected chi connectivity index (χ1v) is 26.6. The second-order valence-electron chi connectivity index (χ2n) is 9.77. The Labute approximate surface area is 207 Å². The first-order valence-electron chi connectivity index (χ1n) is 13.9. The third-order valence-corrected chi connectivity index (χ3v) is 40.1. The molecule has 0 heterocycles. The van der Waals surface area contributed by atoms with Crippen molar-refractivity contribution >= 4 is 38.4 Å². The Balaban J connectivity index is 6.07. The monoisotopic (exact) mass is 658 g/mol. The minimum atomic E-state index is -3.24. The second kappa shape index (κ2) is 19.7. The van der Waals surface area contributed by atoms with Gasteiger partial charge in [-0.2, -0.15) is 0 Å². The van der Waals surface area contributed by atoms with Crippen molar-refractivity contribution in [3.8, 4) is 0 Å². The van der Waals surface area contributed by atoms with Crippen molar-refractivity contribution in [2.24, 2.45) is 0 Å². The van der Waals surface area contributed by atoms with Crippen LogP contribution < -0.4 is 0 Å². The number of hydrogen-bond acceptors (Lipinski definition) is 3. The standard InChI is InChI=1S/2C5H11O.4C4H9.O.2Sn/c2*1-3-4-5(2)6;4*1-3-4-2;;;/h2*5H,3-4H2,1-2H3;4*1,3-4H2,2H3;;;/q2*-1;;;;;;2*+1. The van der Waals surface area contributed by atoms with Gasteiger partial charge in [-0.3, -0.25) is 0 Å². The fourth-order valence-corrected chi connectivity index (χ4v) is 48.4. The van der Waals surface area contributed by atoms with Crippen LogP contribution in [0.1, 0.15) is 132 Å². The van der Waals surface area contributed by atoms with Crippen molar-refractivity contribution in [1.29, 1.82) is 0 Å². The Morgan fingerprint density at radius 1 is 0.484 bits per heavy atom. The maximum absolute atomic E-state index is 7.64. The predicted octanol–water partition coefficient (Wildman–Crippen LogP) is 9.50. The van der Waals surface area contributed by atoms with Crippen LogP contribution in [-0.4, -0.2) is 50.6 Å². The topological polar surface area (TPSA) is 27.7 Å². The summed E-state index contributed by atoms with van der Waals surface area (Å²) in [5, 5.41) is 0. The van der Waals surface area contributed by atoms with Crippen LogP contribution in [0, 0.1) is 0 Å². The van der Waals surface area contributed by atoms with Gasteiger partial charge in [-0.1, -0.05) is 0 Å². The second-order valence-corrected chi connectivity index (χ2v) is 31.7. The number of rotatable bonds is 22. The zero-order chi connectivity index (χ0) is 23.6. The molecule has 0 aliphatic carbocycles. The van der Waals surface area contributed by atoms with Crippen molar-refractivity contribution in [3.63, 3.8) is 0 Å². The van der Waals surface area contributed by atoms with E-state index in [4.69, 9.17) is 7.56 Å². The molecule has 0 spiro atoms. The van der Waals surface area contributed by atoms with E-state index in [1.807, 2.05) is 0 Å². The van der Waals surface area contributed by atoms with Crippen molar-refractivity contribution in [2.45, 2.75) is 162 Å². The van der Waals surface area contributed by atoms with Crippen LogP contribution in [0.3, 0.4) is 0 Å². The molecule has 5 heteroatoms. The van der Waals surface area contributed by atoms with Gasteiger partial charge < -0.3 is 0 Å². The molecule has 0 amide bonds. The predicted molar refractivity (Wildman–Crippen MR) is 142 cm³/mol. The third-order valence-electron chi connectivity index (χ3n) is 6.24. The zero-order valence-electron chi connectivity index (χ0n) is 22.7. The van der Waals surface area contributed by atoms with Crippen LogP contribution in [0.25, 0.3) is 0 Å². The van der Waals surface area contributed by atoms with E-state index in [1.54, 1.807) is 0 Å². The molecule has 0 aromatic heterocycles. The summed E-state index contributed by atoms with van der Waals surface area (Å²) in [7, 11) is 0. The summed E-state index contributed by atoms with van der Waals surface area (Å²) in [5.74, 6) is 0. The summed E-state index contributed by atoms with van der Waals surface area (Å²) in [6, 6.07) is 0. The van der Waals surface area contributed by atoms with Gasteiger partial charge in [-0.15, -0.1) is 0 Å². The van der Waals surface area contributed by atoms with E-state index in [0.29, 0.717) is 12.2 Å². The van der Waals surface area contributed by atoms with Gasteiger partial charge in [0.2, 0.25) is 0 Å². The van der Waals surface area contributed by atoms with Crippen LogP contribution in [-0.2, 0) is 7.56 Å². The van der Waals surface area contributed by atoms with Gasteiger partial charge in [0, 0.05) is 0 Å². The van der Waals surface area contributed by atoms with Gasteiger partial charge >= 0.3 is 208 Å². The molecule has 0 fully saturated rings. The normalized spacial score (nSPS) is 14.7. The molecular weight excluding hydrogens is 598 g/mol. The van der Waals surface area contributed by atoms with E-state index in [1.165, 1.54) is 82.0 Å². The van der Waals surface area contributed by atoms with E-state index in [0.717, 1.165) is 12.8 Å². The molecule has 2 unspecified atom stereocenters. The Bertz CT molecular complexity index is 354. The third kappa shape index (κ3) is 14.5. The molecule has 3 nitrogen and oxygen atoms in total. The molecule has 0 rings (SSSR count). The van der Waals surface area contributed by atoms with Crippen LogP contribution in [0.5, 0.6) is 0 Å². The molecule has 0 bridgehead atoms. The molecular formula is C26H58O3Sn2. The molecule has 0 radical (unpaired) electrons. The van der Waals surface area contributed by atoms with Gasteiger partial charge in [0.25, 0.3) is 0 Å². The fraction of sp³-hybridized carbons (Fsp3) is 1.00. The molecule has 0 aliphatic rings. The minimum absolute atomic E-state index is 0.337. The van der Waals surface area contributed by atoms with E-state index in [2.05, 4.69) is 55.4 Å². The van der Waals surface area contributed by atoms with Crippen LogP contribution >= 0.6 is 0 Å². The summed E-state index contributed by atoms with van der Waals surface area (Å²) >= 11 is -6.49. The summed E-state index contributed by atoms with van der Waals surface area (Å²) in [5.41, 5.74) is 0. The number of hydrogen-bond donors (Lipinski definition) is 0. The molecule has 0 saturated heterocycles. The number of unbranched alkanes of at least 4 members (excludes halogenated alkanes) is 4. The summed E-state index contributed by atoms with van der Waals surface area (Å²) in [6.45, 7) is 18.4. The van der Waals surface area contributed by atoms with Crippen LogP contribution in [0.4, 0.5) is 0 Å². The van der Waals surface area contributed by atoms with Crippen molar-refractivity contribution in [2.75, 3.05) is 0 Å². The molecule has 31 heavy (non-hydrogen) atoms. The summed E-state index contributed by atoms with van der Waals surface area (Å²) in [4.78, 5) is 0. The molecule has 0 saturated carbocycles. The van der Waals surface area contributed by atoms with Crippen molar-refractivity contribution in [3.05, 3.63) is 0 Å². The Hall–Kier alpha value is 1.48.